The van der Waals surface area contributed by atoms with Gasteiger partial charge in [-0.2, -0.15) is 0 Å². The minimum atomic E-state index is 0.0296. The molecule has 3 aliphatic rings. The summed E-state index contributed by atoms with van der Waals surface area (Å²) >= 11 is 0. The van der Waals surface area contributed by atoms with Crippen LogP contribution in [0.2, 0.25) is 0 Å². The molecule has 29 heavy (non-hydrogen) atoms. The first-order valence-electron chi connectivity index (χ1n) is 10.8. The highest BCUT2D eigenvalue weighted by Gasteiger charge is 2.30. The fourth-order valence-electron chi connectivity index (χ4n) is 4.43. The Morgan fingerprint density at radius 1 is 0.966 bits per heavy atom. The van der Waals surface area contributed by atoms with Crippen LogP contribution in [0.25, 0.3) is 0 Å². The zero-order chi connectivity index (χ0) is 20.2. The molecular weight excluding hydrogens is 368 g/mol. The molecule has 2 heterocycles. The van der Waals surface area contributed by atoms with Crippen LogP contribution in [-0.4, -0.2) is 103 Å². The molecule has 1 aromatic carbocycles. The molecule has 7 nitrogen and oxygen atoms in total. The number of carbonyl (C=O) groups is 2. The largest absolute Gasteiger partial charge is 0.497 e. The first-order valence-corrected chi connectivity index (χ1v) is 10.8. The number of nitrogens with zero attached hydrogens (tertiary/aromatic N) is 4. The maximum absolute atomic E-state index is 12.7. The Labute approximate surface area is 173 Å². The predicted molar refractivity (Wildman–Crippen MR) is 111 cm³/mol. The molecule has 7 heteroatoms. The van der Waals surface area contributed by atoms with Gasteiger partial charge in [0.2, 0.25) is 5.91 Å². The summed E-state index contributed by atoms with van der Waals surface area (Å²) in [4.78, 5) is 34.0. The number of hydrogen-bond acceptors (Lipinski definition) is 5. The van der Waals surface area contributed by atoms with E-state index < -0.39 is 0 Å². The number of methoxy groups -OCH3 is 1. The lowest BCUT2D eigenvalue weighted by Gasteiger charge is -2.43. The highest BCUT2D eigenvalue weighted by molar-refractivity contribution is 5.94. The van der Waals surface area contributed by atoms with Crippen LogP contribution in [-0.2, 0) is 4.79 Å². The van der Waals surface area contributed by atoms with Gasteiger partial charge in [0.1, 0.15) is 5.75 Å². The highest BCUT2D eigenvalue weighted by Crippen LogP contribution is 2.25. The van der Waals surface area contributed by atoms with Crippen LogP contribution in [0.15, 0.2) is 24.3 Å². The summed E-state index contributed by atoms with van der Waals surface area (Å²) in [5.41, 5.74) is 0.651. The van der Waals surface area contributed by atoms with Crippen molar-refractivity contribution in [1.29, 1.82) is 0 Å². The van der Waals surface area contributed by atoms with Gasteiger partial charge in [0, 0.05) is 64.0 Å². The molecule has 2 amide bonds. The number of carbonyl (C=O) groups excluding carboxylic acids is 2. The molecule has 2 aliphatic heterocycles. The van der Waals surface area contributed by atoms with Crippen molar-refractivity contribution < 1.29 is 14.3 Å². The fourth-order valence-corrected chi connectivity index (χ4v) is 4.43. The third-order valence-electron chi connectivity index (χ3n) is 6.59. The number of rotatable bonds is 5. The predicted octanol–water partition coefficient (Wildman–Crippen LogP) is 1.15. The standard InChI is InChI=1S/C22H32N4O3/c1-29-20-7-2-4-18(16-20)22(28)26-10-8-23(9-11-26)17-21(27)25-14-12-24(13-15-25)19-5-3-6-19/h2,4,7,16,19H,3,5-6,8-15,17H2,1H3. The van der Waals surface area contributed by atoms with Crippen LogP contribution in [0.4, 0.5) is 0 Å². The van der Waals surface area contributed by atoms with E-state index in [1.807, 2.05) is 28.0 Å². The van der Waals surface area contributed by atoms with Gasteiger partial charge in [-0.05, 0) is 31.0 Å². The zero-order valence-corrected chi connectivity index (χ0v) is 17.4. The monoisotopic (exact) mass is 400 g/mol. The Morgan fingerprint density at radius 3 is 2.28 bits per heavy atom. The van der Waals surface area contributed by atoms with E-state index in [4.69, 9.17) is 4.74 Å². The maximum atomic E-state index is 12.7. The lowest BCUT2D eigenvalue weighted by atomic mass is 9.91. The number of benzene rings is 1. The van der Waals surface area contributed by atoms with Crippen molar-refractivity contribution in [2.75, 3.05) is 66.0 Å². The first kappa shape index (κ1) is 20.2. The number of amides is 2. The Hall–Kier alpha value is -2.12. The molecule has 1 saturated carbocycles. The summed E-state index contributed by atoms with van der Waals surface area (Å²) in [6.07, 6.45) is 4.01. The Balaban J connectivity index is 1.21. The second-order valence-corrected chi connectivity index (χ2v) is 8.30. The van der Waals surface area contributed by atoms with Gasteiger partial charge in [-0.1, -0.05) is 12.5 Å². The van der Waals surface area contributed by atoms with Crippen molar-refractivity contribution in [1.82, 2.24) is 19.6 Å². The van der Waals surface area contributed by atoms with Crippen LogP contribution in [0, 0.1) is 0 Å². The van der Waals surface area contributed by atoms with Gasteiger partial charge in [-0.3, -0.25) is 19.4 Å². The van der Waals surface area contributed by atoms with Crippen LogP contribution >= 0.6 is 0 Å². The first-order chi connectivity index (χ1) is 14.1. The summed E-state index contributed by atoms with van der Waals surface area (Å²) in [6, 6.07) is 8.05. The summed E-state index contributed by atoms with van der Waals surface area (Å²) in [5.74, 6) is 0.949. The molecule has 4 rings (SSSR count). The fraction of sp³-hybridized carbons (Fsp3) is 0.636. The Bertz CT molecular complexity index is 721. The topological polar surface area (TPSA) is 56.3 Å². The van der Waals surface area contributed by atoms with Crippen molar-refractivity contribution in [2.24, 2.45) is 0 Å². The molecule has 1 aliphatic carbocycles. The van der Waals surface area contributed by atoms with E-state index in [-0.39, 0.29) is 11.8 Å². The SMILES string of the molecule is COc1cccc(C(=O)N2CCN(CC(=O)N3CCN(C4CCC4)CC3)CC2)c1. The van der Waals surface area contributed by atoms with E-state index in [9.17, 15) is 9.59 Å². The van der Waals surface area contributed by atoms with Crippen LogP contribution in [0.5, 0.6) is 5.75 Å². The van der Waals surface area contributed by atoms with Gasteiger partial charge in [0.15, 0.2) is 0 Å². The van der Waals surface area contributed by atoms with E-state index in [1.54, 1.807) is 13.2 Å². The Kier molecular flexibility index (Phi) is 6.35. The molecule has 0 radical (unpaired) electrons. The van der Waals surface area contributed by atoms with Crippen molar-refractivity contribution in [3.05, 3.63) is 29.8 Å². The summed E-state index contributed by atoms with van der Waals surface area (Å²) in [7, 11) is 1.60. The molecule has 0 unspecified atom stereocenters. The van der Waals surface area contributed by atoms with Gasteiger partial charge in [0.25, 0.3) is 5.91 Å². The van der Waals surface area contributed by atoms with Crippen molar-refractivity contribution in [2.45, 2.75) is 25.3 Å². The van der Waals surface area contributed by atoms with Crippen molar-refractivity contribution in [3.8, 4) is 5.75 Å². The zero-order valence-electron chi connectivity index (χ0n) is 17.4. The number of piperazine rings is 2. The Morgan fingerprint density at radius 2 is 1.66 bits per heavy atom. The lowest BCUT2D eigenvalue weighted by Crippen LogP contribution is -2.56. The summed E-state index contributed by atoms with van der Waals surface area (Å²) in [6.45, 7) is 6.97. The van der Waals surface area contributed by atoms with Crippen molar-refractivity contribution >= 4 is 11.8 Å². The normalized spacial score (nSPS) is 21.7. The molecule has 0 bridgehead atoms. The summed E-state index contributed by atoms with van der Waals surface area (Å²) in [5, 5.41) is 0. The molecular formula is C22H32N4O3. The van der Waals surface area contributed by atoms with Crippen LogP contribution < -0.4 is 4.74 Å². The smallest absolute Gasteiger partial charge is 0.254 e. The average Bonchev–Trinajstić information content (AvgIpc) is 2.73. The molecule has 0 atom stereocenters. The number of hydrogen-bond donors (Lipinski definition) is 0. The maximum Gasteiger partial charge on any atom is 0.254 e. The van der Waals surface area contributed by atoms with E-state index in [0.717, 1.165) is 45.3 Å². The van der Waals surface area contributed by atoms with E-state index in [2.05, 4.69) is 9.80 Å². The molecule has 158 valence electrons. The van der Waals surface area contributed by atoms with Gasteiger partial charge in [0.05, 0.1) is 13.7 Å². The summed E-state index contributed by atoms with van der Waals surface area (Å²) < 4.78 is 5.22. The van der Waals surface area contributed by atoms with Crippen molar-refractivity contribution in [3.63, 3.8) is 0 Å². The van der Waals surface area contributed by atoms with Gasteiger partial charge in [-0.25, -0.2) is 0 Å². The average molecular weight is 401 g/mol. The third kappa shape index (κ3) is 4.73. The van der Waals surface area contributed by atoms with Gasteiger partial charge in [-0.15, -0.1) is 0 Å². The minimum absolute atomic E-state index is 0.0296. The molecule has 0 aromatic heterocycles. The second-order valence-electron chi connectivity index (χ2n) is 8.30. The molecule has 0 N–H and O–H groups in total. The van der Waals surface area contributed by atoms with Crippen LogP contribution in [0.1, 0.15) is 29.6 Å². The van der Waals surface area contributed by atoms with Crippen LogP contribution in [0.3, 0.4) is 0 Å². The molecule has 0 spiro atoms. The van der Waals surface area contributed by atoms with E-state index in [0.29, 0.717) is 30.9 Å². The van der Waals surface area contributed by atoms with Gasteiger partial charge >= 0.3 is 0 Å². The number of ether oxygens (including phenoxy) is 1. The quantitative estimate of drug-likeness (QED) is 0.742. The minimum Gasteiger partial charge on any atom is -0.497 e. The molecule has 3 fully saturated rings. The van der Waals surface area contributed by atoms with E-state index >= 15 is 0 Å². The molecule has 2 saturated heterocycles. The highest BCUT2D eigenvalue weighted by atomic mass is 16.5. The van der Waals surface area contributed by atoms with E-state index in [1.165, 1.54) is 19.3 Å². The van der Waals surface area contributed by atoms with Gasteiger partial charge < -0.3 is 14.5 Å². The third-order valence-corrected chi connectivity index (χ3v) is 6.59. The molecule has 1 aromatic rings. The second kappa shape index (κ2) is 9.13. The lowest BCUT2D eigenvalue weighted by molar-refractivity contribution is -0.135.